The number of carbonyl (C=O) groups excluding carboxylic acids is 2. The van der Waals surface area contributed by atoms with E-state index in [2.05, 4.69) is 5.32 Å². The Kier molecular flexibility index (Phi) is 6.98. The Morgan fingerprint density at radius 3 is 2.54 bits per heavy atom. The van der Waals surface area contributed by atoms with Crippen LogP contribution in [0.1, 0.15) is 17.3 Å². The number of anilines is 2. The summed E-state index contributed by atoms with van der Waals surface area (Å²) in [6.07, 6.45) is 0.916. The van der Waals surface area contributed by atoms with Gasteiger partial charge in [-0.15, -0.1) is 0 Å². The summed E-state index contributed by atoms with van der Waals surface area (Å²) in [5.41, 5.74) is 0.579. The predicted molar refractivity (Wildman–Crippen MR) is 105 cm³/mol. The highest BCUT2D eigenvalue weighted by molar-refractivity contribution is 7.92. The van der Waals surface area contributed by atoms with E-state index in [1.54, 1.807) is 19.1 Å². The molecule has 0 spiro atoms. The second-order valence-corrected chi connectivity index (χ2v) is 8.03. The molecule has 0 aliphatic heterocycles. The zero-order valence-corrected chi connectivity index (χ0v) is 16.7. The molecule has 0 bridgehead atoms. The van der Waals surface area contributed by atoms with E-state index in [1.807, 2.05) is 0 Å². The number of ether oxygens (including phenoxy) is 1. The summed E-state index contributed by atoms with van der Waals surface area (Å²) in [6.45, 7) is 1.31. The van der Waals surface area contributed by atoms with Crippen molar-refractivity contribution in [3.8, 4) is 0 Å². The predicted octanol–water partition coefficient (Wildman–Crippen LogP) is 3.06. The summed E-state index contributed by atoms with van der Waals surface area (Å²) in [6, 6.07) is 9.36. The van der Waals surface area contributed by atoms with Crippen molar-refractivity contribution in [1.29, 1.82) is 0 Å². The fourth-order valence-corrected chi connectivity index (χ4v) is 3.33. The van der Waals surface area contributed by atoms with Crippen LogP contribution in [0.2, 0.25) is 5.02 Å². The van der Waals surface area contributed by atoms with Gasteiger partial charge < -0.3 is 10.1 Å². The SMILES string of the molecule is CCOC(=O)c1cccc(NC(=O)CN(c2ccc(F)c(Cl)c2)S(C)(=O)=O)c1. The molecule has 2 rings (SSSR count). The van der Waals surface area contributed by atoms with E-state index in [1.165, 1.54) is 18.2 Å². The van der Waals surface area contributed by atoms with E-state index in [0.717, 1.165) is 22.7 Å². The smallest absolute Gasteiger partial charge is 0.338 e. The molecule has 0 atom stereocenters. The van der Waals surface area contributed by atoms with Crippen LogP contribution in [0.25, 0.3) is 0 Å². The highest BCUT2D eigenvalue weighted by Gasteiger charge is 2.22. The number of benzene rings is 2. The highest BCUT2D eigenvalue weighted by Crippen LogP contribution is 2.24. The van der Waals surface area contributed by atoms with Crippen LogP contribution in [0.5, 0.6) is 0 Å². The van der Waals surface area contributed by atoms with Gasteiger partial charge in [0.05, 0.1) is 29.1 Å². The first-order valence-electron chi connectivity index (χ1n) is 8.11. The Bertz CT molecular complexity index is 997. The molecular formula is C18H18ClFN2O5S. The molecular weight excluding hydrogens is 411 g/mol. The molecule has 0 aliphatic rings. The van der Waals surface area contributed by atoms with Crippen molar-refractivity contribution in [3.05, 3.63) is 58.9 Å². The number of esters is 1. The molecule has 0 fully saturated rings. The topological polar surface area (TPSA) is 92.8 Å². The lowest BCUT2D eigenvalue weighted by atomic mass is 10.2. The summed E-state index contributed by atoms with van der Waals surface area (Å²) in [5.74, 6) is -1.91. The second kappa shape index (κ2) is 9.03. The van der Waals surface area contributed by atoms with Crippen LogP contribution < -0.4 is 9.62 Å². The molecule has 28 heavy (non-hydrogen) atoms. The molecule has 0 saturated heterocycles. The molecule has 2 aromatic rings. The largest absolute Gasteiger partial charge is 0.462 e. The van der Waals surface area contributed by atoms with Crippen molar-refractivity contribution in [1.82, 2.24) is 0 Å². The number of hydrogen-bond acceptors (Lipinski definition) is 5. The van der Waals surface area contributed by atoms with Gasteiger partial charge in [0.25, 0.3) is 0 Å². The number of nitrogens with one attached hydrogen (secondary N) is 1. The Labute approximate surface area is 167 Å². The molecule has 10 heteroatoms. The maximum Gasteiger partial charge on any atom is 0.338 e. The lowest BCUT2D eigenvalue weighted by molar-refractivity contribution is -0.114. The number of amides is 1. The molecule has 0 aromatic heterocycles. The van der Waals surface area contributed by atoms with Crippen LogP contribution >= 0.6 is 11.6 Å². The van der Waals surface area contributed by atoms with E-state index in [-0.39, 0.29) is 22.9 Å². The van der Waals surface area contributed by atoms with Crippen molar-refractivity contribution in [2.75, 3.05) is 29.0 Å². The van der Waals surface area contributed by atoms with E-state index < -0.39 is 34.3 Å². The number of rotatable bonds is 7. The van der Waals surface area contributed by atoms with Gasteiger partial charge in [-0.2, -0.15) is 0 Å². The van der Waals surface area contributed by atoms with E-state index in [4.69, 9.17) is 16.3 Å². The Hall–Kier alpha value is -2.65. The molecule has 1 N–H and O–H groups in total. The normalized spacial score (nSPS) is 11.0. The fourth-order valence-electron chi connectivity index (χ4n) is 2.31. The van der Waals surface area contributed by atoms with Crippen LogP contribution in [0.3, 0.4) is 0 Å². The van der Waals surface area contributed by atoms with Crippen LogP contribution in [-0.2, 0) is 19.6 Å². The van der Waals surface area contributed by atoms with Gasteiger partial charge in [-0.25, -0.2) is 17.6 Å². The van der Waals surface area contributed by atoms with Crippen LogP contribution in [0.15, 0.2) is 42.5 Å². The van der Waals surface area contributed by atoms with Gasteiger partial charge in [0.15, 0.2) is 0 Å². The number of carbonyl (C=O) groups is 2. The molecule has 150 valence electrons. The zero-order valence-electron chi connectivity index (χ0n) is 15.1. The fraction of sp³-hybridized carbons (Fsp3) is 0.222. The van der Waals surface area contributed by atoms with Crippen molar-refractivity contribution in [3.63, 3.8) is 0 Å². The molecule has 0 radical (unpaired) electrons. The van der Waals surface area contributed by atoms with Crippen molar-refractivity contribution in [2.24, 2.45) is 0 Å². The summed E-state index contributed by atoms with van der Waals surface area (Å²) in [7, 11) is -3.85. The summed E-state index contributed by atoms with van der Waals surface area (Å²) in [5, 5.41) is 2.25. The highest BCUT2D eigenvalue weighted by atomic mass is 35.5. The molecule has 0 unspecified atom stereocenters. The molecule has 2 aromatic carbocycles. The van der Waals surface area contributed by atoms with Gasteiger partial charge in [0.1, 0.15) is 12.4 Å². The van der Waals surface area contributed by atoms with Crippen LogP contribution in [-0.4, -0.2) is 39.7 Å². The van der Waals surface area contributed by atoms with Gasteiger partial charge in [0, 0.05) is 5.69 Å². The first-order chi connectivity index (χ1) is 13.1. The third-order valence-corrected chi connectivity index (χ3v) is 4.97. The van der Waals surface area contributed by atoms with Crippen LogP contribution in [0.4, 0.5) is 15.8 Å². The standard InChI is InChI=1S/C18H18ClFN2O5S/c1-3-27-18(24)12-5-4-6-13(9-12)21-17(23)11-22(28(2,25)26)14-7-8-16(20)15(19)10-14/h4-10H,3,11H2,1-2H3,(H,21,23). The second-order valence-electron chi connectivity index (χ2n) is 5.72. The Morgan fingerprint density at radius 1 is 1.21 bits per heavy atom. The van der Waals surface area contributed by atoms with Gasteiger partial charge in [-0.3, -0.25) is 9.10 Å². The van der Waals surface area contributed by atoms with E-state index in [9.17, 15) is 22.4 Å². The zero-order chi connectivity index (χ0) is 20.9. The first-order valence-corrected chi connectivity index (χ1v) is 10.3. The van der Waals surface area contributed by atoms with Gasteiger partial charge in [-0.05, 0) is 43.3 Å². The minimum absolute atomic E-state index is 0.0457. The molecule has 0 saturated carbocycles. The minimum Gasteiger partial charge on any atom is -0.462 e. The monoisotopic (exact) mass is 428 g/mol. The molecule has 7 nitrogen and oxygen atoms in total. The molecule has 0 aliphatic carbocycles. The van der Waals surface area contributed by atoms with E-state index in [0.29, 0.717) is 5.69 Å². The minimum atomic E-state index is -3.85. The number of nitrogens with zero attached hydrogens (tertiary/aromatic N) is 1. The number of sulfonamides is 1. The molecule has 0 heterocycles. The summed E-state index contributed by atoms with van der Waals surface area (Å²) >= 11 is 5.71. The first kappa shape index (κ1) is 21.6. The average Bonchev–Trinajstić information content (AvgIpc) is 2.61. The summed E-state index contributed by atoms with van der Waals surface area (Å²) in [4.78, 5) is 24.1. The van der Waals surface area contributed by atoms with Gasteiger partial charge >= 0.3 is 5.97 Å². The lowest BCUT2D eigenvalue weighted by Gasteiger charge is -2.22. The van der Waals surface area contributed by atoms with Crippen LogP contribution in [0, 0.1) is 5.82 Å². The van der Waals surface area contributed by atoms with Gasteiger partial charge in [-0.1, -0.05) is 17.7 Å². The summed E-state index contributed by atoms with van der Waals surface area (Å²) < 4.78 is 43.2. The van der Waals surface area contributed by atoms with Crippen molar-refractivity contribution in [2.45, 2.75) is 6.92 Å². The number of hydrogen-bond donors (Lipinski definition) is 1. The Balaban J connectivity index is 2.20. The maximum absolute atomic E-state index is 13.3. The Morgan fingerprint density at radius 2 is 1.93 bits per heavy atom. The maximum atomic E-state index is 13.3. The quantitative estimate of drug-likeness (QED) is 0.684. The third kappa shape index (κ3) is 5.67. The average molecular weight is 429 g/mol. The van der Waals surface area contributed by atoms with E-state index >= 15 is 0 Å². The van der Waals surface area contributed by atoms with Crippen molar-refractivity contribution >= 4 is 44.9 Å². The van der Waals surface area contributed by atoms with Crippen molar-refractivity contribution < 1.29 is 27.1 Å². The lowest BCUT2D eigenvalue weighted by Crippen LogP contribution is -2.37. The third-order valence-electron chi connectivity index (χ3n) is 3.54. The number of halogens is 2. The molecule has 1 amide bonds. The van der Waals surface area contributed by atoms with Gasteiger partial charge in [0.2, 0.25) is 15.9 Å².